The summed E-state index contributed by atoms with van der Waals surface area (Å²) in [4.78, 5) is 2.04. The van der Waals surface area contributed by atoms with Gasteiger partial charge in [0, 0.05) is 31.2 Å². The van der Waals surface area contributed by atoms with Crippen LogP contribution in [-0.4, -0.2) is 55.9 Å². The lowest BCUT2D eigenvalue weighted by atomic mass is 9.94. The summed E-state index contributed by atoms with van der Waals surface area (Å²) in [5, 5.41) is 5.80. The van der Waals surface area contributed by atoms with Gasteiger partial charge in [-0.3, -0.25) is 5.10 Å². The van der Waals surface area contributed by atoms with Crippen molar-refractivity contribution in [2.24, 2.45) is 0 Å². The Kier molecular flexibility index (Phi) is 5.13. The van der Waals surface area contributed by atoms with Gasteiger partial charge in [-0.05, 0) is 25.5 Å². The zero-order valence-corrected chi connectivity index (χ0v) is 13.0. The number of nitrogens with one attached hydrogen (secondary N) is 2. The molecule has 2 N–H and O–H groups in total. The Bertz CT molecular complexity index is 600. The first-order valence-corrected chi connectivity index (χ1v) is 8.84. The molecule has 22 heavy (non-hydrogen) atoms. The summed E-state index contributed by atoms with van der Waals surface area (Å²) in [6, 6.07) is 1.06. The summed E-state index contributed by atoms with van der Waals surface area (Å²) < 4.78 is 62.1. The molecule has 0 radical (unpaired) electrons. The molecular formula is C12H19F3N4O2S. The first kappa shape index (κ1) is 17.2. The number of piperidine rings is 1. The fourth-order valence-corrected chi connectivity index (χ4v) is 3.05. The maximum absolute atomic E-state index is 12.6. The number of rotatable bonds is 5. The van der Waals surface area contributed by atoms with Crippen molar-refractivity contribution in [3.63, 3.8) is 0 Å². The highest BCUT2D eigenvalue weighted by atomic mass is 32.2. The molecule has 0 saturated carbocycles. The first-order chi connectivity index (χ1) is 10.1. The van der Waals surface area contributed by atoms with Crippen LogP contribution in [0.2, 0.25) is 0 Å². The van der Waals surface area contributed by atoms with Crippen molar-refractivity contribution in [2.75, 3.05) is 32.4 Å². The van der Waals surface area contributed by atoms with Crippen LogP contribution in [0.5, 0.6) is 0 Å². The van der Waals surface area contributed by atoms with Crippen LogP contribution in [-0.2, 0) is 16.2 Å². The fraction of sp³-hybridized carbons (Fsp3) is 0.750. The summed E-state index contributed by atoms with van der Waals surface area (Å²) in [6.07, 6.45) is -1.71. The van der Waals surface area contributed by atoms with Crippen LogP contribution in [0.1, 0.15) is 30.1 Å². The van der Waals surface area contributed by atoms with Gasteiger partial charge >= 0.3 is 6.18 Å². The lowest BCUT2D eigenvalue weighted by Crippen LogP contribution is -2.39. The first-order valence-electron chi connectivity index (χ1n) is 6.94. The molecule has 0 bridgehead atoms. The quantitative estimate of drug-likeness (QED) is 0.843. The normalized spacial score (nSPS) is 21.2. The third-order valence-electron chi connectivity index (χ3n) is 3.63. The van der Waals surface area contributed by atoms with Gasteiger partial charge < -0.3 is 4.90 Å². The highest BCUT2D eigenvalue weighted by Gasteiger charge is 2.35. The number of likely N-dealkylation sites (tertiary alicyclic amines) is 1. The van der Waals surface area contributed by atoms with Crippen molar-refractivity contribution in [2.45, 2.75) is 24.9 Å². The van der Waals surface area contributed by atoms with E-state index >= 15 is 0 Å². The molecule has 1 aliphatic rings. The number of hydrogen-bond donors (Lipinski definition) is 2. The zero-order valence-electron chi connectivity index (χ0n) is 12.2. The number of alkyl halides is 3. The average molecular weight is 340 g/mol. The number of halogens is 3. The molecule has 0 aliphatic carbocycles. The van der Waals surface area contributed by atoms with Crippen molar-refractivity contribution in [3.05, 3.63) is 17.5 Å². The predicted octanol–water partition coefficient (Wildman–Crippen LogP) is 1.16. The molecule has 6 nitrogen and oxygen atoms in total. The molecule has 0 amide bonds. The largest absolute Gasteiger partial charge is 0.435 e. The zero-order chi connectivity index (χ0) is 16.4. The van der Waals surface area contributed by atoms with Crippen molar-refractivity contribution in [1.82, 2.24) is 19.8 Å². The van der Waals surface area contributed by atoms with Crippen molar-refractivity contribution < 1.29 is 21.6 Å². The molecule has 2 rings (SSSR count). The summed E-state index contributed by atoms with van der Waals surface area (Å²) in [6.45, 7) is 2.22. The number of hydrogen-bond acceptors (Lipinski definition) is 4. The number of aromatic nitrogens is 2. The van der Waals surface area contributed by atoms with E-state index in [2.05, 4.69) is 14.9 Å². The molecule has 0 unspecified atom stereocenters. The van der Waals surface area contributed by atoms with Gasteiger partial charge in [0.05, 0.1) is 6.26 Å². The Morgan fingerprint density at radius 3 is 2.82 bits per heavy atom. The highest BCUT2D eigenvalue weighted by molar-refractivity contribution is 7.88. The molecule has 1 aromatic rings. The Balaban J connectivity index is 1.91. The van der Waals surface area contributed by atoms with Gasteiger partial charge in [0.1, 0.15) is 0 Å². The molecule has 1 aromatic heterocycles. The summed E-state index contributed by atoms with van der Waals surface area (Å²) in [7, 11) is -3.22. The van der Waals surface area contributed by atoms with E-state index in [1.165, 1.54) is 0 Å². The van der Waals surface area contributed by atoms with Gasteiger partial charge in [-0.1, -0.05) is 0 Å². The van der Waals surface area contributed by atoms with E-state index in [0.29, 0.717) is 25.3 Å². The minimum Gasteiger partial charge on any atom is -0.301 e. The number of H-pyrrole nitrogens is 1. The molecule has 10 heteroatoms. The van der Waals surface area contributed by atoms with E-state index in [1.807, 2.05) is 4.90 Å². The van der Waals surface area contributed by atoms with Crippen LogP contribution in [0.15, 0.2) is 6.07 Å². The molecular weight excluding hydrogens is 321 g/mol. The van der Waals surface area contributed by atoms with Crippen molar-refractivity contribution in [1.29, 1.82) is 0 Å². The minimum absolute atomic E-state index is 0.0458. The Labute approximate surface area is 127 Å². The maximum Gasteiger partial charge on any atom is 0.435 e. The maximum atomic E-state index is 12.6. The summed E-state index contributed by atoms with van der Waals surface area (Å²) in [5.41, 5.74) is -0.425. The van der Waals surface area contributed by atoms with E-state index in [0.717, 1.165) is 31.7 Å². The number of sulfonamides is 1. The topological polar surface area (TPSA) is 78.1 Å². The van der Waals surface area contributed by atoms with E-state index in [9.17, 15) is 21.6 Å². The van der Waals surface area contributed by atoms with E-state index in [4.69, 9.17) is 0 Å². The lowest BCUT2D eigenvalue weighted by Gasteiger charge is -2.32. The number of aromatic amines is 1. The second-order valence-corrected chi connectivity index (χ2v) is 7.35. The monoisotopic (exact) mass is 340 g/mol. The SMILES string of the molecule is CS(=O)(=O)NCCN1CCC[C@@H](c2cc(C(F)(F)F)n[nH]2)C1. The van der Waals surface area contributed by atoms with Gasteiger partial charge in [0.15, 0.2) is 5.69 Å². The second-order valence-electron chi connectivity index (χ2n) is 5.51. The van der Waals surface area contributed by atoms with Gasteiger partial charge in [0.25, 0.3) is 0 Å². The molecule has 1 atom stereocenters. The third-order valence-corrected chi connectivity index (χ3v) is 4.35. The van der Waals surface area contributed by atoms with E-state index in [1.54, 1.807) is 0 Å². The van der Waals surface area contributed by atoms with Crippen molar-refractivity contribution >= 4 is 10.0 Å². The Morgan fingerprint density at radius 2 is 2.23 bits per heavy atom. The molecule has 126 valence electrons. The van der Waals surface area contributed by atoms with Crippen LogP contribution < -0.4 is 4.72 Å². The lowest BCUT2D eigenvalue weighted by molar-refractivity contribution is -0.141. The molecule has 0 spiro atoms. The second kappa shape index (κ2) is 6.55. The van der Waals surface area contributed by atoms with Crippen molar-refractivity contribution in [3.8, 4) is 0 Å². The smallest absolute Gasteiger partial charge is 0.301 e. The fourth-order valence-electron chi connectivity index (χ4n) is 2.59. The summed E-state index contributed by atoms with van der Waals surface area (Å²) in [5.74, 6) is -0.0458. The summed E-state index contributed by atoms with van der Waals surface area (Å²) >= 11 is 0. The standard InChI is InChI=1S/C12H19F3N4O2S/c1-22(20,21)16-4-6-19-5-2-3-9(8-19)10-7-11(18-17-10)12(13,14)15/h7,9,16H,2-6,8H2,1H3,(H,17,18)/t9-/m1/s1. The number of nitrogens with zero attached hydrogens (tertiary/aromatic N) is 2. The molecule has 1 saturated heterocycles. The van der Waals surface area contributed by atoms with Crippen LogP contribution in [0.25, 0.3) is 0 Å². The van der Waals surface area contributed by atoms with Crippen LogP contribution in [0.3, 0.4) is 0 Å². The van der Waals surface area contributed by atoms with Crippen LogP contribution >= 0.6 is 0 Å². The van der Waals surface area contributed by atoms with Gasteiger partial charge in [-0.2, -0.15) is 18.3 Å². The molecule has 0 aromatic carbocycles. The van der Waals surface area contributed by atoms with E-state index in [-0.39, 0.29) is 5.92 Å². The van der Waals surface area contributed by atoms with Crippen LogP contribution in [0, 0.1) is 0 Å². The van der Waals surface area contributed by atoms with Gasteiger partial charge in [-0.15, -0.1) is 0 Å². The predicted molar refractivity (Wildman–Crippen MR) is 74.9 cm³/mol. The third kappa shape index (κ3) is 4.96. The van der Waals surface area contributed by atoms with Crippen LogP contribution in [0.4, 0.5) is 13.2 Å². The molecule has 2 heterocycles. The van der Waals surface area contributed by atoms with E-state index < -0.39 is 21.9 Å². The Hall–Kier alpha value is -1.13. The molecule has 1 fully saturated rings. The Morgan fingerprint density at radius 1 is 1.50 bits per heavy atom. The minimum atomic E-state index is -4.44. The molecule has 1 aliphatic heterocycles. The highest BCUT2D eigenvalue weighted by Crippen LogP contribution is 2.31. The average Bonchev–Trinajstić information content (AvgIpc) is 2.87. The van der Waals surface area contributed by atoms with Gasteiger partial charge in [0.2, 0.25) is 10.0 Å². The van der Waals surface area contributed by atoms with Gasteiger partial charge in [-0.25, -0.2) is 13.1 Å².